The Kier molecular flexibility index (Phi) is 6.45. The fraction of sp³-hybridized carbons (Fsp3) is 0.414. The van der Waals surface area contributed by atoms with Gasteiger partial charge in [-0.15, -0.1) is 6.58 Å². The maximum absolute atomic E-state index is 14.2. The largest absolute Gasteiger partial charge is 0.458 e. The van der Waals surface area contributed by atoms with Crippen LogP contribution < -0.4 is 0 Å². The molecule has 2 aromatic carbocycles. The molecular weight excluding hydrogens is 456 g/mol. The van der Waals surface area contributed by atoms with Gasteiger partial charge < -0.3 is 14.4 Å². The molecule has 0 radical (unpaired) electrons. The molecule has 7 nitrogen and oxygen atoms in total. The molecule has 7 heteroatoms. The van der Waals surface area contributed by atoms with Gasteiger partial charge in [0.25, 0.3) is 5.91 Å². The van der Waals surface area contributed by atoms with E-state index in [-0.39, 0.29) is 18.9 Å². The highest BCUT2D eigenvalue weighted by Gasteiger charge is 2.70. The molecule has 0 saturated carbocycles. The van der Waals surface area contributed by atoms with Crippen LogP contribution in [-0.4, -0.2) is 51.1 Å². The van der Waals surface area contributed by atoms with Gasteiger partial charge in [0.05, 0.1) is 12.1 Å². The Bertz CT molecular complexity index is 1160. The van der Waals surface area contributed by atoms with E-state index in [4.69, 9.17) is 9.47 Å². The standard InChI is InChI=1S/C29H34N2O5/c1-7-18-28(5,25(33)36-27(2,3)4)31-23(21-16-12-9-13-17-21)29(6,24(31)32)30-22(19-35-26(30)34)20-14-10-8-11-15-20/h7-17,22-23H,1,18-19H2,2-6H3/t22-,23-,28-,29+/m1/s1. The summed E-state index contributed by atoms with van der Waals surface area (Å²) in [6.45, 7) is 12.8. The van der Waals surface area contributed by atoms with E-state index in [0.717, 1.165) is 11.1 Å². The smallest absolute Gasteiger partial charge is 0.411 e. The number of ether oxygens (including phenoxy) is 2. The van der Waals surface area contributed by atoms with Crippen LogP contribution in [0.2, 0.25) is 0 Å². The van der Waals surface area contributed by atoms with E-state index in [1.807, 2.05) is 60.7 Å². The molecule has 0 aromatic heterocycles. The molecule has 0 spiro atoms. The number of β-lactam (4-membered cyclic amide) rings is 1. The zero-order valence-electron chi connectivity index (χ0n) is 21.6. The minimum Gasteiger partial charge on any atom is -0.458 e. The van der Waals surface area contributed by atoms with E-state index < -0.39 is 40.8 Å². The Balaban J connectivity index is 1.83. The first-order valence-electron chi connectivity index (χ1n) is 12.2. The van der Waals surface area contributed by atoms with Gasteiger partial charge in [-0.1, -0.05) is 66.7 Å². The predicted octanol–water partition coefficient (Wildman–Crippen LogP) is 5.20. The maximum Gasteiger partial charge on any atom is 0.411 e. The third-order valence-corrected chi connectivity index (χ3v) is 7.03. The summed E-state index contributed by atoms with van der Waals surface area (Å²) in [6.07, 6.45) is 1.26. The Morgan fingerprint density at radius 1 is 1.06 bits per heavy atom. The number of carbonyl (C=O) groups excluding carboxylic acids is 3. The van der Waals surface area contributed by atoms with Crippen LogP contribution in [-0.2, 0) is 19.1 Å². The van der Waals surface area contributed by atoms with E-state index in [1.54, 1.807) is 50.5 Å². The van der Waals surface area contributed by atoms with Crippen LogP contribution in [0.1, 0.15) is 64.3 Å². The zero-order valence-corrected chi connectivity index (χ0v) is 21.6. The van der Waals surface area contributed by atoms with Gasteiger partial charge in [-0.2, -0.15) is 0 Å². The second kappa shape index (κ2) is 9.12. The van der Waals surface area contributed by atoms with Crippen molar-refractivity contribution in [2.45, 2.75) is 69.8 Å². The van der Waals surface area contributed by atoms with E-state index in [2.05, 4.69) is 6.58 Å². The highest BCUT2D eigenvalue weighted by molar-refractivity contribution is 6.01. The van der Waals surface area contributed by atoms with Crippen molar-refractivity contribution in [3.05, 3.63) is 84.4 Å². The first kappa shape index (κ1) is 25.5. The molecule has 190 valence electrons. The fourth-order valence-corrected chi connectivity index (χ4v) is 5.32. The van der Waals surface area contributed by atoms with Gasteiger partial charge in [0.2, 0.25) is 0 Å². The molecule has 0 N–H and O–H groups in total. The Hall–Kier alpha value is -3.61. The maximum atomic E-state index is 14.2. The molecule has 2 aliphatic rings. The SMILES string of the molecule is C=CC[C@](C)(C(=O)OC(C)(C)C)N1C(=O)[C@@](C)(N2C(=O)OC[C@@H]2c2ccccc2)[C@H]1c1ccccc1. The normalized spacial score (nSPS) is 25.6. The zero-order chi connectivity index (χ0) is 26.3. The lowest BCUT2D eigenvalue weighted by Crippen LogP contribution is -2.79. The third-order valence-electron chi connectivity index (χ3n) is 7.03. The van der Waals surface area contributed by atoms with Crippen LogP contribution in [0.25, 0.3) is 0 Å². The monoisotopic (exact) mass is 490 g/mol. The molecule has 0 aliphatic carbocycles. The van der Waals surface area contributed by atoms with Crippen molar-refractivity contribution in [3.63, 3.8) is 0 Å². The van der Waals surface area contributed by atoms with Crippen molar-refractivity contribution in [3.8, 4) is 0 Å². The number of nitrogens with zero attached hydrogens (tertiary/aromatic N) is 2. The molecule has 2 heterocycles. The van der Waals surface area contributed by atoms with Crippen molar-refractivity contribution in [2.24, 2.45) is 0 Å². The van der Waals surface area contributed by atoms with Crippen molar-refractivity contribution >= 4 is 18.0 Å². The molecule has 4 rings (SSSR count). The highest BCUT2D eigenvalue weighted by Crippen LogP contribution is 2.55. The molecule has 2 aromatic rings. The van der Waals surface area contributed by atoms with Crippen LogP contribution in [0.4, 0.5) is 4.79 Å². The fourth-order valence-electron chi connectivity index (χ4n) is 5.32. The number of cyclic esters (lactones) is 1. The summed E-state index contributed by atoms with van der Waals surface area (Å²) in [5.41, 5.74) is -1.65. The number of amides is 2. The minimum atomic E-state index is -1.32. The number of esters is 1. The Morgan fingerprint density at radius 2 is 1.61 bits per heavy atom. The van der Waals surface area contributed by atoms with E-state index >= 15 is 0 Å². The number of rotatable bonds is 7. The summed E-state index contributed by atoms with van der Waals surface area (Å²) < 4.78 is 11.2. The molecule has 2 amide bonds. The number of likely N-dealkylation sites (tertiary alicyclic amines) is 1. The third kappa shape index (κ3) is 4.06. The predicted molar refractivity (Wildman–Crippen MR) is 136 cm³/mol. The van der Waals surface area contributed by atoms with Crippen LogP contribution in [0.3, 0.4) is 0 Å². The summed E-state index contributed by atoms with van der Waals surface area (Å²) >= 11 is 0. The van der Waals surface area contributed by atoms with Crippen LogP contribution in [0.5, 0.6) is 0 Å². The summed E-state index contributed by atoms with van der Waals surface area (Å²) in [5, 5.41) is 0. The van der Waals surface area contributed by atoms with E-state index in [1.165, 1.54) is 0 Å². The van der Waals surface area contributed by atoms with Crippen molar-refractivity contribution in [1.82, 2.24) is 9.80 Å². The van der Waals surface area contributed by atoms with Gasteiger partial charge in [0.15, 0.2) is 0 Å². The quantitative estimate of drug-likeness (QED) is 0.303. The number of hydrogen-bond acceptors (Lipinski definition) is 5. The van der Waals surface area contributed by atoms with Crippen LogP contribution in [0, 0.1) is 0 Å². The molecule has 4 atom stereocenters. The molecular formula is C29H34N2O5. The number of carbonyl (C=O) groups is 3. The lowest BCUT2D eigenvalue weighted by Gasteiger charge is -2.62. The highest BCUT2D eigenvalue weighted by atomic mass is 16.6. The number of benzene rings is 2. The lowest BCUT2D eigenvalue weighted by atomic mass is 9.70. The van der Waals surface area contributed by atoms with Crippen LogP contribution in [0.15, 0.2) is 73.3 Å². The lowest BCUT2D eigenvalue weighted by molar-refractivity contribution is -0.201. The van der Waals surface area contributed by atoms with Gasteiger partial charge in [-0.3, -0.25) is 9.69 Å². The van der Waals surface area contributed by atoms with Crippen LogP contribution >= 0.6 is 0 Å². The minimum absolute atomic E-state index is 0.142. The molecule has 2 fully saturated rings. The van der Waals surface area contributed by atoms with Crippen molar-refractivity contribution in [1.29, 1.82) is 0 Å². The van der Waals surface area contributed by atoms with Gasteiger partial charge in [0.1, 0.15) is 23.3 Å². The van der Waals surface area contributed by atoms with Gasteiger partial charge in [-0.05, 0) is 52.2 Å². The molecule has 36 heavy (non-hydrogen) atoms. The van der Waals surface area contributed by atoms with Gasteiger partial charge >= 0.3 is 12.1 Å². The Labute approximate surface area is 212 Å². The van der Waals surface area contributed by atoms with E-state index in [9.17, 15) is 14.4 Å². The Morgan fingerprint density at radius 3 is 2.14 bits per heavy atom. The average Bonchev–Trinajstić information content (AvgIpc) is 3.23. The average molecular weight is 491 g/mol. The molecule has 0 unspecified atom stereocenters. The van der Waals surface area contributed by atoms with Gasteiger partial charge in [-0.25, -0.2) is 9.59 Å². The topological polar surface area (TPSA) is 76.2 Å². The first-order chi connectivity index (χ1) is 16.9. The summed E-state index contributed by atoms with van der Waals surface area (Å²) in [5.74, 6) is -0.860. The second-order valence-electron chi connectivity index (χ2n) is 10.8. The van der Waals surface area contributed by atoms with Crippen molar-refractivity contribution < 1.29 is 23.9 Å². The summed E-state index contributed by atoms with van der Waals surface area (Å²) in [6, 6.07) is 17.9. The van der Waals surface area contributed by atoms with E-state index in [0.29, 0.717) is 0 Å². The first-order valence-corrected chi connectivity index (χ1v) is 12.2. The molecule has 0 bridgehead atoms. The number of hydrogen-bond donors (Lipinski definition) is 0. The molecule has 2 saturated heterocycles. The van der Waals surface area contributed by atoms with Gasteiger partial charge in [0, 0.05) is 0 Å². The van der Waals surface area contributed by atoms with Crippen molar-refractivity contribution in [2.75, 3.05) is 6.61 Å². The summed E-state index contributed by atoms with van der Waals surface area (Å²) in [4.78, 5) is 44.0. The molecule has 2 aliphatic heterocycles. The second-order valence-corrected chi connectivity index (χ2v) is 10.8. The summed E-state index contributed by atoms with van der Waals surface area (Å²) in [7, 11) is 0.